The van der Waals surface area contributed by atoms with Crippen LogP contribution in [0.5, 0.6) is 0 Å². The van der Waals surface area contributed by atoms with Gasteiger partial charge in [0.25, 0.3) is 0 Å². The molecule has 0 bridgehead atoms. The molecule has 2 nitrogen and oxygen atoms in total. The summed E-state index contributed by atoms with van der Waals surface area (Å²) in [5.74, 6) is 0.559. The summed E-state index contributed by atoms with van der Waals surface area (Å²) in [5, 5.41) is 0. The van der Waals surface area contributed by atoms with E-state index in [1.807, 2.05) is 0 Å². The summed E-state index contributed by atoms with van der Waals surface area (Å²) in [6.45, 7) is 2.98. The summed E-state index contributed by atoms with van der Waals surface area (Å²) in [7, 11) is 0. The second-order valence-corrected chi connectivity index (χ2v) is 2.45. The Labute approximate surface area is 50.0 Å². The fraction of sp³-hybridized carbons (Fsp3) is 1.00. The van der Waals surface area contributed by atoms with Crippen LogP contribution >= 0.6 is 0 Å². The van der Waals surface area contributed by atoms with Crippen molar-refractivity contribution in [2.75, 3.05) is 6.61 Å². The highest BCUT2D eigenvalue weighted by Crippen LogP contribution is 2.15. The molecule has 1 aliphatic rings. The van der Waals surface area contributed by atoms with E-state index >= 15 is 0 Å². The maximum Gasteiger partial charge on any atom is 0.108 e. The molecule has 2 unspecified atom stereocenters. The molecule has 2 atom stereocenters. The molecule has 0 saturated carbocycles. The van der Waals surface area contributed by atoms with E-state index in [4.69, 9.17) is 10.5 Å². The first-order chi connectivity index (χ1) is 3.80. The van der Waals surface area contributed by atoms with E-state index in [2.05, 4.69) is 6.92 Å². The van der Waals surface area contributed by atoms with Gasteiger partial charge in [0, 0.05) is 6.61 Å². The van der Waals surface area contributed by atoms with Gasteiger partial charge in [-0.1, -0.05) is 6.92 Å². The monoisotopic (exact) mass is 115 g/mol. The van der Waals surface area contributed by atoms with Gasteiger partial charge in [0.1, 0.15) is 6.23 Å². The summed E-state index contributed by atoms with van der Waals surface area (Å²) in [5.41, 5.74) is 5.56. The van der Waals surface area contributed by atoms with Crippen molar-refractivity contribution in [3.63, 3.8) is 0 Å². The molecule has 1 rings (SSSR count). The van der Waals surface area contributed by atoms with Crippen LogP contribution in [0.4, 0.5) is 0 Å². The first-order valence-corrected chi connectivity index (χ1v) is 3.18. The van der Waals surface area contributed by atoms with Crippen LogP contribution in [-0.4, -0.2) is 12.8 Å². The van der Waals surface area contributed by atoms with Crippen molar-refractivity contribution >= 4 is 0 Å². The molecule has 0 aliphatic carbocycles. The molecule has 0 spiro atoms. The van der Waals surface area contributed by atoms with Gasteiger partial charge in [-0.05, 0) is 18.8 Å². The van der Waals surface area contributed by atoms with Crippen molar-refractivity contribution in [2.45, 2.75) is 26.0 Å². The third kappa shape index (κ3) is 1.20. The summed E-state index contributed by atoms with van der Waals surface area (Å²) < 4.78 is 5.17. The topological polar surface area (TPSA) is 35.2 Å². The van der Waals surface area contributed by atoms with Crippen molar-refractivity contribution in [2.24, 2.45) is 11.7 Å². The summed E-state index contributed by atoms with van der Waals surface area (Å²) in [4.78, 5) is 0. The minimum absolute atomic E-state index is 0.00347. The van der Waals surface area contributed by atoms with Crippen molar-refractivity contribution in [1.29, 1.82) is 0 Å². The molecular weight excluding hydrogens is 102 g/mol. The Morgan fingerprint density at radius 3 is 2.75 bits per heavy atom. The molecule has 0 amide bonds. The lowest BCUT2D eigenvalue weighted by Crippen LogP contribution is -2.35. The highest BCUT2D eigenvalue weighted by atomic mass is 16.5. The predicted octanol–water partition coefficient (Wildman–Crippen LogP) is 0.718. The molecule has 0 aromatic heterocycles. The van der Waals surface area contributed by atoms with E-state index < -0.39 is 0 Å². The molecule has 2 N–H and O–H groups in total. The average molecular weight is 115 g/mol. The van der Waals surface area contributed by atoms with Crippen LogP contribution < -0.4 is 5.73 Å². The minimum atomic E-state index is 0.00347. The standard InChI is InChI=1S/C6H13NO/c1-5-3-2-4-8-6(5)7/h5-6H,2-4,7H2,1H3. The van der Waals surface area contributed by atoms with E-state index in [1.165, 1.54) is 12.8 Å². The Kier molecular flexibility index (Phi) is 1.86. The quantitative estimate of drug-likeness (QED) is 0.505. The average Bonchev–Trinajstić information content (AvgIpc) is 1.77. The van der Waals surface area contributed by atoms with Gasteiger partial charge in [-0.3, -0.25) is 0 Å². The van der Waals surface area contributed by atoms with Gasteiger partial charge in [-0.25, -0.2) is 0 Å². The first kappa shape index (κ1) is 6.05. The number of ether oxygens (including phenoxy) is 1. The molecule has 8 heavy (non-hydrogen) atoms. The van der Waals surface area contributed by atoms with Crippen LogP contribution in [0.1, 0.15) is 19.8 Å². The number of rotatable bonds is 0. The number of nitrogens with two attached hydrogens (primary N) is 1. The Hall–Kier alpha value is -0.0800. The van der Waals surface area contributed by atoms with E-state index in [-0.39, 0.29) is 6.23 Å². The molecule has 48 valence electrons. The van der Waals surface area contributed by atoms with Crippen LogP contribution in [0.3, 0.4) is 0 Å². The normalized spacial score (nSPS) is 39.8. The first-order valence-electron chi connectivity index (χ1n) is 3.18. The zero-order valence-electron chi connectivity index (χ0n) is 5.26. The van der Waals surface area contributed by atoms with Crippen molar-refractivity contribution in [1.82, 2.24) is 0 Å². The highest BCUT2D eigenvalue weighted by Gasteiger charge is 2.16. The Morgan fingerprint density at radius 2 is 2.38 bits per heavy atom. The maximum absolute atomic E-state index is 5.56. The fourth-order valence-corrected chi connectivity index (χ4v) is 0.953. The Balaban J connectivity index is 2.28. The SMILES string of the molecule is CC1CCCOC1N. The molecule has 2 heteroatoms. The molecular formula is C6H13NO. The molecule has 0 radical (unpaired) electrons. The lowest BCUT2D eigenvalue weighted by Gasteiger charge is -2.25. The summed E-state index contributed by atoms with van der Waals surface area (Å²) in [6, 6.07) is 0. The smallest absolute Gasteiger partial charge is 0.108 e. The maximum atomic E-state index is 5.56. The molecule has 1 heterocycles. The van der Waals surface area contributed by atoms with E-state index in [9.17, 15) is 0 Å². The van der Waals surface area contributed by atoms with E-state index in [1.54, 1.807) is 0 Å². The molecule has 0 aromatic rings. The highest BCUT2D eigenvalue weighted by molar-refractivity contribution is 4.64. The third-order valence-electron chi connectivity index (χ3n) is 1.67. The van der Waals surface area contributed by atoms with Crippen molar-refractivity contribution < 1.29 is 4.74 Å². The Morgan fingerprint density at radius 1 is 1.62 bits per heavy atom. The largest absolute Gasteiger partial charge is 0.363 e. The summed E-state index contributed by atoms with van der Waals surface area (Å²) >= 11 is 0. The zero-order valence-corrected chi connectivity index (χ0v) is 5.26. The number of hydrogen-bond donors (Lipinski definition) is 1. The van der Waals surface area contributed by atoms with E-state index in [0.717, 1.165) is 6.61 Å². The minimum Gasteiger partial charge on any atom is -0.363 e. The van der Waals surface area contributed by atoms with Gasteiger partial charge in [0.05, 0.1) is 0 Å². The van der Waals surface area contributed by atoms with Gasteiger partial charge in [-0.2, -0.15) is 0 Å². The van der Waals surface area contributed by atoms with Gasteiger partial charge >= 0.3 is 0 Å². The fourth-order valence-electron chi connectivity index (χ4n) is 0.953. The van der Waals surface area contributed by atoms with Crippen molar-refractivity contribution in [3.05, 3.63) is 0 Å². The van der Waals surface area contributed by atoms with Crippen LogP contribution in [0, 0.1) is 5.92 Å². The molecule has 1 aliphatic heterocycles. The zero-order chi connectivity index (χ0) is 5.98. The number of hydrogen-bond acceptors (Lipinski definition) is 2. The Bertz CT molecular complexity index is 64.9. The van der Waals surface area contributed by atoms with Gasteiger partial charge in [-0.15, -0.1) is 0 Å². The predicted molar refractivity (Wildman–Crippen MR) is 32.3 cm³/mol. The molecule has 1 saturated heterocycles. The summed E-state index contributed by atoms with van der Waals surface area (Å²) in [6.07, 6.45) is 2.40. The van der Waals surface area contributed by atoms with Crippen LogP contribution in [0.25, 0.3) is 0 Å². The molecule has 0 aromatic carbocycles. The second kappa shape index (κ2) is 2.46. The lowest BCUT2D eigenvalue weighted by atomic mass is 10.0. The van der Waals surface area contributed by atoms with Crippen molar-refractivity contribution in [3.8, 4) is 0 Å². The third-order valence-corrected chi connectivity index (χ3v) is 1.67. The lowest BCUT2D eigenvalue weighted by molar-refractivity contribution is -0.0157. The van der Waals surface area contributed by atoms with Gasteiger partial charge in [0.2, 0.25) is 0 Å². The van der Waals surface area contributed by atoms with Crippen LogP contribution in [-0.2, 0) is 4.74 Å². The van der Waals surface area contributed by atoms with Crippen LogP contribution in [0.15, 0.2) is 0 Å². The molecule has 1 fully saturated rings. The second-order valence-electron chi connectivity index (χ2n) is 2.45. The van der Waals surface area contributed by atoms with Crippen LogP contribution in [0.2, 0.25) is 0 Å². The van der Waals surface area contributed by atoms with Gasteiger partial charge < -0.3 is 10.5 Å². The van der Waals surface area contributed by atoms with E-state index in [0.29, 0.717) is 5.92 Å². The van der Waals surface area contributed by atoms with Gasteiger partial charge in [0.15, 0.2) is 0 Å².